The van der Waals surface area contributed by atoms with Gasteiger partial charge in [0, 0.05) is 54.8 Å². The minimum absolute atomic E-state index is 0.211. The fraction of sp³-hybridized carbons (Fsp3) is 0.179. The Morgan fingerprint density at radius 2 is 0.659 bits per heavy atom. The third-order valence-corrected chi connectivity index (χ3v) is 17.4. The molecule has 0 saturated carbocycles. The van der Waals surface area contributed by atoms with Gasteiger partial charge in [0.25, 0.3) is 0 Å². The third kappa shape index (κ3) is 8.09. The van der Waals surface area contributed by atoms with Crippen LogP contribution in [-0.4, -0.2) is 0 Å². The summed E-state index contributed by atoms with van der Waals surface area (Å²) in [4.78, 5) is 5.01. The first-order valence-electron chi connectivity index (χ1n) is 29.5. The molecule has 0 saturated heterocycles. The second kappa shape index (κ2) is 19.8. The summed E-state index contributed by atoms with van der Waals surface area (Å²) >= 11 is 0. The zero-order chi connectivity index (χ0) is 56.2. The van der Waals surface area contributed by atoms with E-state index in [9.17, 15) is 0 Å². The number of aryl methyl sites for hydroxylation is 6. The molecule has 0 spiro atoms. The molecular weight excluding hydrogens is 997 g/mol. The van der Waals surface area contributed by atoms with Crippen LogP contribution in [0.2, 0.25) is 0 Å². The molecule has 14 rings (SSSR count). The molecule has 12 aromatic carbocycles. The Bertz CT molecular complexity index is 4510. The van der Waals surface area contributed by atoms with E-state index in [1.807, 2.05) is 0 Å². The topological polar surface area (TPSA) is 32.8 Å². The fourth-order valence-corrected chi connectivity index (χ4v) is 13.9. The molecule has 82 heavy (non-hydrogen) atoms. The monoisotopic (exact) mass is 1060 g/mol. The molecular formula is C78H68N2O2. The van der Waals surface area contributed by atoms with Crippen molar-refractivity contribution in [3.8, 4) is 22.3 Å². The normalized spacial score (nSPS) is 12.1. The van der Waals surface area contributed by atoms with E-state index in [0.717, 1.165) is 102 Å². The molecule has 4 heteroatoms. The Balaban J connectivity index is 1.08. The number of benzene rings is 12. The first-order valence-corrected chi connectivity index (χ1v) is 29.5. The molecule has 0 radical (unpaired) electrons. The zero-order valence-electron chi connectivity index (χ0n) is 48.8. The van der Waals surface area contributed by atoms with Gasteiger partial charge in [0.05, 0.1) is 22.7 Å². The van der Waals surface area contributed by atoms with Gasteiger partial charge in [0.15, 0.2) is 11.2 Å². The Hall–Kier alpha value is -9.12. The van der Waals surface area contributed by atoms with E-state index in [1.54, 1.807) is 0 Å². The van der Waals surface area contributed by atoms with E-state index in [0.29, 0.717) is 0 Å². The van der Waals surface area contributed by atoms with Crippen molar-refractivity contribution >= 4 is 110 Å². The summed E-state index contributed by atoms with van der Waals surface area (Å²) in [5, 5.41) is 11.9. The van der Waals surface area contributed by atoms with E-state index >= 15 is 0 Å². The minimum Gasteiger partial charge on any atom is -0.453 e. The molecule has 0 unspecified atom stereocenters. The molecule has 0 amide bonds. The van der Waals surface area contributed by atoms with Gasteiger partial charge in [-0.1, -0.05) is 187 Å². The molecule has 402 valence electrons. The lowest BCUT2D eigenvalue weighted by molar-refractivity contribution is 0.669. The summed E-state index contributed by atoms with van der Waals surface area (Å²) < 4.78 is 14.8. The van der Waals surface area contributed by atoms with Crippen molar-refractivity contribution in [2.75, 3.05) is 9.80 Å². The Kier molecular flexibility index (Phi) is 12.4. The number of hydrogen-bond donors (Lipinski definition) is 0. The molecule has 0 fully saturated rings. The number of furan rings is 2. The molecule has 0 aliphatic carbocycles. The van der Waals surface area contributed by atoms with E-state index in [-0.39, 0.29) is 11.8 Å². The van der Waals surface area contributed by atoms with Gasteiger partial charge in [0.2, 0.25) is 0 Å². The highest BCUT2D eigenvalue weighted by atomic mass is 16.3. The van der Waals surface area contributed by atoms with E-state index in [1.165, 1.54) is 88.0 Å². The quantitative estimate of drug-likeness (QED) is 0.114. The number of hydrogen-bond acceptors (Lipinski definition) is 4. The average Bonchev–Trinajstić information content (AvgIpc) is 2.28. The lowest BCUT2D eigenvalue weighted by Crippen LogP contribution is -2.14. The molecule has 2 aromatic heterocycles. The van der Waals surface area contributed by atoms with Gasteiger partial charge >= 0.3 is 0 Å². The van der Waals surface area contributed by atoms with Crippen LogP contribution < -0.4 is 9.80 Å². The number of fused-ring (bicyclic) bond motifs is 6. The van der Waals surface area contributed by atoms with E-state index in [4.69, 9.17) is 8.83 Å². The van der Waals surface area contributed by atoms with Crippen LogP contribution in [0, 0.1) is 27.7 Å². The zero-order valence-corrected chi connectivity index (χ0v) is 48.8. The molecule has 2 heterocycles. The first kappa shape index (κ1) is 51.1. The summed E-state index contributed by atoms with van der Waals surface area (Å²) in [6, 6.07) is 72.7. The van der Waals surface area contributed by atoms with Crippen LogP contribution in [0.15, 0.2) is 203 Å². The van der Waals surface area contributed by atoms with Crippen LogP contribution in [0.3, 0.4) is 0 Å². The van der Waals surface area contributed by atoms with Gasteiger partial charge in [-0.05, 0) is 178 Å². The Morgan fingerprint density at radius 3 is 1.04 bits per heavy atom. The van der Waals surface area contributed by atoms with E-state index < -0.39 is 0 Å². The van der Waals surface area contributed by atoms with Gasteiger partial charge in [-0.25, -0.2) is 0 Å². The van der Waals surface area contributed by atoms with Crippen molar-refractivity contribution in [3.63, 3.8) is 0 Å². The Morgan fingerprint density at radius 1 is 0.317 bits per heavy atom. The Labute approximate surface area is 481 Å². The van der Waals surface area contributed by atoms with Crippen molar-refractivity contribution < 1.29 is 8.83 Å². The summed E-state index contributed by atoms with van der Waals surface area (Å²) in [7, 11) is 0. The van der Waals surface area contributed by atoms with Crippen molar-refractivity contribution in [3.05, 3.63) is 239 Å². The molecule has 0 aliphatic heterocycles. The standard InChI is InChI=1S/C78H68N2O2/c1-11-51-21-13-15-23-55(51)59-25-17-27-61-63-29-19-31-69(77(63)81-75(59)61)79(53-39-47(7)37-48(8)40-53)71-43-67(45(3)4)57-34-36-66-72(44-68(46(5)6)58-33-35-65(71)73(57)74(58)66)80(54-41-49(9)38-50(10)42-54)70-32-20-30-64-62-28-18-26-60(76(62)82-78(64)70)56-24-16-14-22-52(56)12-2/h13-46H,11-12H2,1-10H3. The third-order valence-electron chi connectivity index (χ3n) is 17.4. The number of nitrogens with zero attached hydrogens (tertiary/aromatic N) is 2. The molecule has 14 aromatic rings. The van der Waals surface area contributed by atoms with Crippen LogP contribution >= 0.6 is 0 Å². The fourth-order valence-electron chi connectivity index (χ4n) is 13.9. The van der Waals surface area contributed by atoms with E-state index in [2.05, 4.69) is 273 Å². The first-order chi connectivity index (χ1) is 39.9. The summed E-state index contributed by atoms with van der Waals surface area (Å²) in [5.74, 6) is 0.423. The van der Waals surface area contributed by atoms with Crippen molar-refractivity contribution in [1.82, 2.24) is 0 Å². The molecule has 0 aliphatic rings. The summed E-state index contributed by atoms with van der Waals surface area (Å²) in [5.41, 5.74) is 24.7. The molecule has 0 N–H and O–H groups in total. The van der Waals surface area contributed by atoms with Crippen LogP contribution in [-0.2, 0) is 12.8 Å². The lowest BCUT2D eigenvalue weighted by atomic mass is 9.84. The maximum atomic E-state index is 7.38. The summed E-state index contributed by atoms with van der Waals surface area (Å²) in [6.07, 6.45) is 1.87. The smallest absolute Gasteiger partial charge is 0.159 e. The maximum absolute atomic E-state index is 7.38. The van der Waals surface area contributed by atoms with Crippen LogP contribution in [0.5, 0.6) is 0 Å². The molecule has 4 nitrogen and oxygen atoms in total. The highest BCUT2D eigenvalue weighted by molar-refractivity contribution is 6.30. The van der Waals surface area contributed by atoms with Crippen LogP contribution in [0.1, 0.15) is 97.9 Å². The van der Waals surface area contributed by atoms with Crippen LogP contribution in [0.25, 0.3) is 98.4 Å². The number of rotatable bonds is 12. The highest BCUT2D eigenvalue weighted by Crippen LogP contribution is 2.54. The average molecular weight is 1070 g/mol. The largest absolute Gasteiger partial charge is 0.453 e. The lowest BCUT2D eigenvalue weighted by Gasteiger charge is -2.32. The number of para-hydroxylation sites is 4. The highest BCUT2D eigenvalue weighted by Gasteiger charge is 2.30. The van der Waals surface area contributed by atoms with Crippen molar-refractivity contribution in [2.45, 2.75) is 93.9 Å². The van der Waals surface area contributed by atoms with Gasteiger partial charge in [0.1, 0.15) is 11.2 Å². The van der Waals surface area contributed by atoms with Gasteiger partial charge < -0.3 is 18.6 Å². The van der Waals surface area contributed by atoms with Crippen molar-refractivity contribution in [2.24, 2.45) is 0 Å². The van der Waals surface area contributed by atoms with Gasteiger partial charge in [-0.3, -0.25) is 0 Å². The van der Waals surface area contributed by atoms with Gasteiger partial charge in [-0.2, -0.15) is 0 Å². The number of anilines is 6. The second-order valence-electron chi connectivity index (χ2n) is 23.6. The molecule has 0 bridgehead atoms. The summed E-state index contributed by atoms with van der Waals surface area (Å²) in [6.45, 7) is 22.7. The predicted molar refractivity (Wildman–Crippen MR) is 351 cm³/mol. The molecule has 0 atom stereocenters. The predicted octanol–water partition coefficient (Wildman–Crippen LogP) is 23.3. The van der Waals surface area contributed by atoms with Gasteiger partial charge in [-0.15, -0.1) is 0 Å². The minimum atomic E-state index is 0.211. The second-order valence-corrected chi connectivity index (χ2v) is 23.6. The maximum Gasteiger partial charge on any atom is 0.159 e. The van der Waals surface area contributed by atoms with Crippen molar-refractivity contribution in [1.29, 1.82) is 0 Å². The SMILES string of the molecule is CCc1ccccc1-c1cccc2c1oc1c(N(c3cc(C)cc(C)c3)c3cc(C(C)C)c4ccc5c(N(c6cc(C)cc(C)c6)c6cccc7c6oc6c(-c8ccccc8CC)cccc67)cc(C(C)C)c6ccc3c4c65)cccc12. The van der Waals surface area contributed by atoms with Crippen LogP contribution in [0.4, 0.5) is 34.1 Å².